The number of aromatic amines is 1. The number of nitrogens with one attached hydrogen (secondary N) is 1. The number of benzene rings is 1. The molecule has 17 heavy (non-hydrogen) atoms. The monoisotopic (exact) mass is 238 g/mol. The molecule has 5 heteroatoms. The Balaban J connectivity index is 2.49. The fraction of sp³-hybridized carbons (Fsp3) is 0.250. The minimum atomic E-state index is -0.948. The maximum absolute atomic E-state index is 13.1. The van der Waals surface area contributed by atoms with Gasteiger partial charge in [-0.05, 0) is 20.2 Å². The molecule has 0 unspecified atom stereocenters. The zero-order valence-electron chi connectivity index (χ0n) is 9.55. The van der Waals surface area contributed by atoms with Crippen LogP contribution in [0, 0.1) is 11.6 Å². The van der Waals surface area contributed by atoms with Gasteiger partial charge in [0.25, 0.3) is 0 Å². The van der Waals surface area contributed by atoms with Gasteiger partial charge in [0.1, 0.15) is 0 Å². The van der Waals surface area contributed by atoms with Crippen LogP contribution in [0.2, 0.25) is 0 Å². The van der Waals surface area contributed by atoms with Crippen molar-refractivity contribution >= 4 is 16.7 Å². The molecule has 0 saturated heterocycles. The predicted octanol–water partition coefficient (Wildman–Crippen LogP) is 2.19. The van der Waals surface area contributed by atoms with Crippen LogP contribution in [0.15, 0.2) is 18.3 Å². The number of H-pyrrole nitrogens is 1. The second kappa shape index (κ2) is 4.25. The van der Waals surface area contributed by atoms with Crippen LogP contribution in [0.5, 0.6) is 0 Å². The van der Waals surface area contributed by atoms with E-state index in [2.05, 4.69) is 4.98 Å². The lowest BCUT2D eigenvalue weighted by Crippen LogP contribution is -2.21. The van der Waals surface area contributed by atoms with Crippen LogP contribution in [-0.4, -0.2) is 36.3 Å². The van der Waals surface area contributed by atoms with Gasteiger partial charge in [-0.2, -0.15) is 0 Å². The van der Waals surface area contributed by atoms with Gasteiger partial charge in [0.05, 0.1) is 6.54 Å². The number of carbonyl (C=O) groups excluding carboxylic acids is 1. The Morgan fingerprint density at radius 1 is 1.29 bits per heavy atom. The first-order valence-electron chi connectivity index (χ1n) is 5.13. The number of rotatable bonds is 3. The zero-order valence-corrected chi connectivity index (χ0v) is 9.55. The summed E-state index contributed by atoms with van der Waals surface area (Å²) >= 11 is 0. The average Bonchev–Trinajstić information content (AvgIpc) is 2.60. The molecule has 1 aromatic carbocycles. The Hall–Kier alpha value is -1.75. The standard InChI is InChI=1S/C12H12F2N2O/c1-16(2)6-12(17)8-5-15-11-4-10(14)9(13)3-7(8)11/h3-5,15H,6H2,1-2H3. The molecular formula is C12H12F2N2O. The molecule has 0 amide bonds. The summed E-state index contributed by atoms with van der Waals surface area (Å²) in [5.41, 5.74) is 0.804. The number of carbonyl (C=O) groups is 1. The molecule has 2 rings (SSSR count). The smallest absolute Gasteiger partial charge is 0.178 e. The van der Waals surface area contributed by atoms with Crippen LogP contribution < -0.4 is 0 Å². The van der Waals surface area contributed by atoms with E-state index in [9.17, 15) is 13.6 Å². The molecule has 2 aromatic rings. The highest BCUT2D eigenvalue weighted by atomic mass is 19.2. The molecule has 0 aliphatic carbocycles. The van der Waals surface area contributed by atoms with Crippen LogP contribution in [0.25, 0.3) is 10.9 Å². The van der Waals surface area contributed by atoms with Gasteiger partial charge < -0.3 is 9.88 Å². The van der Waals surface area contributed by atoms with Crippen LogP contribution in [0.4, 0.5) is 8.78 Å². The van der Waals surface area contributed by atoms with Gasteiger partial charge in [-0.25, -0.2) is 8.78 Å². The highest BCUT2D eigenvalue weighted by molar-refractivity contribution is 6.08. The topological polar surface area (TPSA) is 36.1 Å². The summed E-state index contributed by atoms with van der Waals surface area (Å²) in [6.45, 7) is 0.228. The summed E-state index contributed by atoms with van der Waals surface area (Å²) in [7, 11) is 3.54. The number of fused-ring (bicyclic) bond motifs is 1. The molecule has 1 N–H and O–H groups in total. The van der Waals surface area contributed by atoms with Crippen LogP contribution >= 0.6 is 0 Å². The molecule has 1 aromatic heterocycles. The fourth-order valence-electron chi connectivity index (χ4n) is 1.72. The van der Waals surface area contributed by atoms with Crippen molar-refractivity contribution in [3.8, 4) is 0 Å². The molecule has 0 spiro atoms. The van der Waals surface area contributed by atoms with Crippen molar-refractivity contribution in [3.05, 3.63) is 35.5 Å². The summed E-state index contributed by atoms with van der Waals surface area (Å²) in [6.07, 6.45) is 1.48. The minimum Gasteiger partial charge on any atom is -0.360 e. The predicted molar refractivity (Wildman–Crippen MR) is 61.1 cm³/mol. The Labute approximate surface area is 97.0 Å². The Bertz CT molecular complexity index is 575. The summed E-state index contributed by atoms with van der Waals surface area (Å²) < 4.78 is 26.1. The summed E-state index contributed by atoms with van der Waals surface area (Å²) in [5, 5.41) is 0.413. The van der Waals surface area contributed by atoms with E-state index in [1.807, 2.05) is 0 Å². The normalized spacial score (nSPS) is 11.4. The molecule has 0 aliphatic rings. The molecular weight excluding hydrogens is 226 g/mol. The van der Waals surface area contributed by atoms with E-state index in [4.69, 9.17) is 0 Å². The average molecular weight is 238 g/mol. The van der Waals surface area contributed by atoms with Crippen molar-refractivity contribution in [2.45, 2.75) is 0 Å². The Morgan fingerprint density at radius 3 is 2.59 bits per heavy atom. The van der Waals surface area contributed by atoms with E-state index in [-0.39, 0.29) is 12.3 Å². The van der Waals surface area contributed by atoms with Gasteiger partial charge in [0, 0.05) is 28.7 Å². The van der Waals surface area contributed by atoms with E-state index in [1.54, 1.807) is 19.0 Å². The SMILES string of the molecule is CN(C)CC(=O)c1c[nH]c2cc(F)c(F)cc12. The molecule has 0 saturated carbocycles. The van der Waals surface area contributed by atoms with Gasteiger partial charge in [0.15, 0.2) is 17.4 Å². The third kappa shape index (κ3) is 2.19. The molecule has 1 heterocycles. The minimum absolute atomic E-state index is 0.132. The van der Waals surface area contributed by atoms with Crippen LogP contribution in [-0.2, 0) is 0 Å². The van der Waals surface area contributed by atoms with Crippen molar-refractivity contribution in [2.24, 2.45) is 0 Å². The third-order valence-electron chi connectivity index (χ3n) is 2.48. The summed E-state index contributed by atoms with van der Waals surface area (Å²) in [5.74, 6) is -2.01. The first-order chi connectivity index (χ1) is 7.99. The number of aromatic nitrogens is 1. The van der Waals surface area contributed by atoms with Gasteiger partial charge in [-0.1, -0.05) is 0 Å². The van der Waals surface area contributed by atoms with E-state index < -0.39 is 11.6 Å². The van der Waals surface area contributed by atoms with Gasteiger partial charge >= 0.3 is 0 Å². The van der Waals surface area contributed by atoms with Gasteiger partial charge in [-0.15, -0.1) is 0 Å². The zero-order chi connectivity index (χ0) is 12.6. The summed E-state index contributed by atoms with van der Waals surface area (Å²) in [4.78, 5) is 16.3. The molecule has 0 bridgehead atoms. The Kier molecular flexibility index (Phi) is 2.93. The number of Topliss-reactive ketones (excluding diaryl/α,β-unsaturated/α-hetero) is 1. The fourth-order valence-corrected chi connectivity index (χ4v) is 1.72. The van der Waals surface area contributed by atoms with E-state index >= 15 is 0 Å². The molecule has 0 radical (unpaired) electrons. The van der Waals surface area contributed by atoms with Crippen LogP contribution in [0.3, 0.4) is 0 Å². The van der Waals surface area contributed by atoms with E-state index in [0.717, 1.165) is 12.1 Å². The maximum Gasteiger partial charge on any atom is 0.178 e. The lowest BCUT2D eigenvalue weighted by Gasteiger charge is -2.07. The second-order valence-corrected chi connectivity index (χ2v) is 4.18. The van der Waals surface area contributed by atoms with E-state index in [1.165, 1.54) is 6.20 Å². The first-order valence-corrected chi connectivity index (χ1v) is 5.13. The van der Waals surface area contributed by atoms with Gasteiger partial charge in [0.2, 0.25) is 0 Å². The van der Waals surface area contributed by atoms with Crippen molar-refractivity contribution in [1.82, 2.24) is 9.88 Å². The molecule has 90 valence electrons. The number of likely N-dealkylation sites (N-methyl/N-ethyl adjacent to an activating group) is 1. The number of nitrogens with zero attached hydrogens (tertiary/aromatic N) is 1. The van der Waals surface area contributed by atoms with Crippen molar-refractivity contribution in [1.29, 1.82) is 0 Å². The lowest BCUT2D eigenvalue weighted by atomic mass is 10.1. The maximum atomic E-state index is 13.1. The molecule has 3 nitrogen and oxygen atoms in total. The third-order valence-corrected chi connectivity index (χ3v) is 2.48. The lowest BCUT2D eigenvalue weighted by molar-refractivity contribution is 0.0959. The van der Waals surface area contributed by atoms with Crippen LogP contribution in [0.1, 0.15) is 10.4 Å². The van der Waals surface area contributed by atoms with Crippen molar-refractivity contribution in [2.75, 3.05) is 20.6 Å². The highest BCUT2D eigenvalue weighted by Gasteiger charge is 2.15. The number of hydrogen-bond donors (Lipinski definition) is 1. The highest BCUT2D eigenvalue weighted by Crippen LogP contribution is 2.22. The van der Waals surface area contributed by atoms with Gasteiger partial charge in [-0.3, -0.25) is 4.79 Å². The largest absolute Gasteiger partial charge is 0.360 e. The number of halogens is 2. The van der Waals surface area contributed by atoms with Crippen molar-refractivity contribution < 1.29 is 13.6 Å². The summed E-state index contributed by atoms with van der Waals surface area (Å²) in [6, 6.07) is 2.10. The quantitative estimate of drug-likeness (QED) is 0.832. The molecule has 0 atom stereocenters. The number of hydrogen-bond acceptors (Lipinski definition) is 2. The first kappa shape index (κ1) is 11.7. The van der Waals surface area contributed by atoms with Crippen molar-refractivity contribution in [3.63, 3.8) is 0 Å². The Morgan fingerprint density at radius 2 is 1.94 bits per heavy atom. The number of ketones is 1. The molecule has 0 aliphatic heterocycles. The van der Waals surface area contributed by atoms with E-state index in [0.29, 0.717) is 16.5 Å². The molecule has 0 fully saturated rings. The second-order valence-electron chi connectivity index (χ2n) is 4.18.